The first kappa shape index (κ1) is 15.1. The van der Waals surface area contributed by atoms with Gasteiger partial charge in [0.05, 0.1) is 18.4 Å². The normalized spacial score (nSPS) is 15.1. The molecule has 1 amide bonds. The van der Waals surface area contributed by atoms with Gasteiger partial charge >= 0.3 is 0 Å². The summed E-state index contributed by atoms with van der Waals surface area (Å²) in [7, 11) is 3.57. The van der Waals surface area contributed by atoms with Crippen molar-refractivity contribution in [2.75, 3.05) is 38.7 Å². The van der Waals surface area contributed by atoms with E-state index in [0.29, 0.717) is 6.54 Å². The molecule has 1 aliphatic rings. The predicted octanol–water partition coefficient (Wildman–Crippen LogP) is 2.75. The molecule has 6 heteroatoms. The van der Waals surface area contributed by atoms with E-state index in [-0.39, 0.29) is 5.91 Å². The van der Waals surface area contributed by atoms with Crippen LogP contribution in [0.25, 0.3) is 10.2 Å². The number of hydrogen-bond donors (Lipinski definition) is 0. The molecule has 5 nitrogen and oxygen atoms in total. The molecule has 1 aliphatic heterocycles. The third-order valence-electron chi connectivity index (χ3n) is 4.00. The van der Waals surface area contributed by atoms with E-state index in [1.165, 1.54) is 6.42 Å². The number of nitrogens with zero attached hydrogens (tertiary/aromatic N) is 3. The van der Waals surface area contributed by atoms with Crippen LogP contribution in [0.1, 0.15) is 19.3 Å². The van der Waals surface area contributed by atoms with Gasteiger partial charge in [0.2, 0.25) is 5.91 Å². The monoisotopic (exact) mass is 319 g/mol. The van der Waals surface area contributed by atoms with Gasteiger partial charge in [-0.25, -0.2) is 4.98 Å². The quantitative estimate of drug-likeness (QED) is 0.869. The first-order valence-electron chi connectivity index (χ1n) is 7.61. The van der Waals surface area contributed by atoms with Crippen LogP contribution in [0, 0.1) is 0 Å². The van der Waals surface area contributed by atoms with Crippen LogP contribution in [-0.4, -0.2) is 49.6 Å². The van der Waals surface area contributed by atoms with Crippen LogP contribution in [0.2, 0.25) is 0 Å². The fourth-order valence-corrected chi connectivity index (χ4v) is 3.70. The Kier molecular flexibility index (Phi) is 4.47. The third kappa shape index (κ3) is 3.02. The van der Waals surface area contributed by atoms with Gasteiger partial charge in [0.1, 0.15) is 11.3 Å². The number of fused-ring (bicyclic) bond motifs is 1. The second-order valence-electron chi connectivity index (χ2n) is 5.60. The molecule has 22 heavy (non-hydrogen) atoms. The van der Waals surface area contributed by atoms with E-state index in [9.17, 15) is 4.79 Å². The number of thiazole rings is 1. The van der Waals surface area contributed by atoms with Crippen LogP contribution in [0.15, 0.2) is 18.2 Å². The zero-order chi connectivity index (χ0) is 15.5. The molecule has 1 saturated heterocycles. The lowest BCUT2D eigenvalue weighted by Crippen LogP contribution is -2.41. The van der Waals surface area contributed by atoms with E-state index in [2.05, 4.69) is 4.98 Å². The minimum Gasteiger partial charge on any atom is -0.494 e. The Hall–Kier alpha value is -1.82. The number of carbonyl (C=O) groups is 1. The van der Waals surface area contributed by atoms with Gasteiger partial charge in [-0.15, -0.1) is 0 Å². The van der Waals surface area contributed by atoms with Gasteiger partial charge < -0.3 is 14.5 Å². The van der Waals surface area contributed by atoms with Gasteiger partial charge in [-0.1, -0.05) is 17.4 Å². The number of rotatable bonds is 4. The van der Waals surface area contributed by atoms with Crippen molar-refractivity contribution in [1.82, 2.24) is 9.88 Å². The van der Waals surface area contributed by atoms with Crippen molar-refractivity contribution >= 4 is 32.6 Å². The van der Waals surface area contributed by atoms with Crippen molar-refractivity contribution in [1.29, 1.82) is 0 Å². The highest BCUT2D eigenvalue weighted by atomic mass is 32.1. The number of aromatic nitrogens is 1. The van der Waals surface area contributed by atoms with Crippen molar-refractivity contribution in [3.8, 4) is 5.75 Å². The largest absolute Gasteiger partial charge is 0.494 e. The molecule has 3 rings (SSSR count). The maximum atomic E-state index is 12.4. The number of likely N-dealkylation sites (tertiary alicyclic amines) is 1. The summed E-state index contributed by atoms with van der Waals surface area (Å²) < 4.78 is 6.42. The summed E-state index contributed by atoms with van der Waals surface area (Å²) in [4.78, 5) is 20.9. The van der Waals surface area contributed by atoms with Gasteiger partial charge in [0.25, 0.3) is 0 Å². The van der Waals surface area contributed by atoms with Gasteiger partial charge in [0.15, 0.2) is 5.13 Å². The van der Waals surface area contributed by atoms with Gasteiger partial charge in [0, 0.05) is 20.1 Å². The van der Waals surface area contributed by atoms with Crippen LogP contribution in [0.5, 0.6) is 5.75 Å². The zero-order valence-corrected chi connectivity index (χ0v) is 13.9. The number of para-hydroxylation sites is 1. The molecule has 0 N–H and O–H groups in total. The molecule has 0 bridgehead atoms. The van der Waals surface area contributed by atoms with Crippen molar-refractivity contribution in [3.05, 3.63) is 18.2 Å². The average molecular weight is 319 g/mol. The molecule has 1 fully saturated rings. The summed E-state index contributed by atoms with van der Waals surface area (Å²) in [6.45, 7) is 2.16. The van der Waals surface area contributed by atoms with Crippen LogP contribution < -0.4 is 9.64 Å². The minimum atomic E-state index is 0.188. The summed E-state index contributed by atoms with van der Waals surface area (Å²) in [6.07, 6.45) is 3.47. The molecular formula is C16H21N3O2S. The van der Waals surface area contributed by atoms with Crippen LogP contribution in [-0.2, 0) is 4.79 Å². The van der Waals surface area contributed by atoms with E-state index >= 15 is 0 Å². The maximum Gasteiger partial charge on any atom is 0.242 e. The lowest BCUT2D eigenvalue weighted by Gasteiger charge is -2.28. The highest BCUT2D eigenvalue weighted by Crippen LogP contribution is 2.33. The summed E-state index contributed by atoms with van der Waals surface area (Å²) in [6, 6.07) is 5.89. The molecule has 1 aromatic heterocycles. The van der Waals surface area contributed by atoms with Gasteiger partial charge in [-0.3, -0.25) is 4.79 Å². The van der Waals surface area contributed by atoms with E-state index in [1.807, 2.05) is 35.0 Å². The Bertz CT molecular complexity index is 664. The van der Waals surface area contributed by atoms with Crippen molar-refractivity contribution < 1.29 is 9.53 Å². The topological polar surface area (TPSA) is 45.7 Å². The molecule has 118 valence electrons. The number of likely N-dealkylation sites (N-methyl/N-ethyl adjacent to an activating group) is 1. The van der Waals surface area contributed by atoms with E-state index in [1.54, 1.807) is 18.4 Å². The Morgan fingerprint density at radius 3 is 2.86 bits per heavy atom. The van der Waals surface area contributed by atoms with E-state index in [0.717, 1.165) is 47.0 Å². The minimum absolute atomic E-state index is 0.188. The van der Waals surface area contributed by atoms with E-state index < -0.39 is 0 Å². The summed E-state index contributed by atoms with van der Waals surface area (Å²) in [5, 5.41) is 0.852. The fraction of sp³-hybridized carbons (Fsp3) is 0.500. The highest BCUT2D eigenvalue weighted by Gasteiger charge is 2.19. The van der Waals surface area contributed by atoms with Crippen LogP contribution >= 0.6 is 11.3 Å². The Morgan fingerprint density at radius 2 is 2.14 bits per heavy atom. The van der Waals surface area contributed by atoms with Crippen LogP contribution in [0.3, 0.4) is 0 Å². The number of anilines is 1. The predicted molar refractivity (Wildman–Crippen MR) is 89.9 cm³/mol. The van der Waals surface area contributed by atoms with Gasteiger partial charge in [-0.05, 0) is 31.4 Å². The number of amides is 1. The Balaban J connectivity index is 1.74. The van der Waals surface area contributed by atoms with Gasteiger partial charge in [-0.2, -0.15) is 0 Å². The number of benzene rings is 1. The molecule has 2 heterocycles. The number of hydrogen-bond acceptors (Lipinski definition) is 5. The smallest absolute Gasteiger partial charge is 0.242 e. The molecule has 0 unspecified atom stereocenters. The lowest BCUT2D eigenvalue weighted by molar-refractivity contribution is -0.130. The second kappa shape index (κ2) is 6.52. The fourth-order valence-electron chi connectivity index (χ4n) is 2.75. The van der Waals surface area contributed by atoms with Crippen molar-refractivity contribution in [2.45, 2.75) is 19.3 Å². The molecule has 0 spiro atoms. The number of methoxy groups -OCH3 is 1. The first-order valence-corrected chi connectivity index (χ1v) is 8.43. The maximum absolute atomic E-state index is 12.4. The average Bonchev–Trinajstić information content (AvgIpc) is 2.99. The Labute approximate surface area is 134 Å². The third-order valence-corrected chi connectivity index (χ3v) is 5.13. The van der Waals surface area contributed by atoms with E-state index in [4.69, 9.17) is 4.74 Å². The molecule has 0 radical (unpaired) electrons. The summed E-state index contributed by atoms with van der Waals surface area (Å²) >= 11 is 1.59. The standard InChI is InChI=1S/C16H21N3O2S/c1-18(11-14(20)19-9-4-3-5-10-19)16-17-15-12(21-2)7-6-8-13(15)22-16/h6-8H,3-5,9-11H2,1-2H3. The zero-order valence-electron chi connectivity index (χ0n) is 13.0. The van der Waals surface area contributed by atoms with Crippen molar-refractivity contribution in [2.24, 2.45) is 0 Å². The number of carbonyl (C=O) groups excluding carboxylic acids is 1. The highest BCUT2D eigenvalue weighted by molar-refractivity contribution is 7.22. The molecule has 0 saturated carbocycles. The second-order valence-corrected chi connectivity index (χ2v) is 6.61. The molecule has 1 aromatic carbocycles. The lowest BCUT2D eigenvalue weighted by atomic mass is 10.1. The molecular weight excluding hydrogens is 298 g/mol. The first-order chi connectivity index (χ1) is 10.7. The van der Waals surface area contributed by atoms with Crippen molar-refractivity contribution in [3.63, 3.8) is 0 Å². The molecule has 2 aromatic rings. The number of ether oxygens (including phenoxy) is 1. The molecule has 0 atom stereocenters. The SMILES string of the molecule is COc1cccc2sc(N(C)CC(=O)N3CCCCC3)nc12. The summed E-state index contributed by atoms with van der Waals surface area (Å²) in [5.74, 6) is 0.962. The summed E-state index contributed by atoms with van der Waals surface area (Å²) in [5.41, 5.74) is 0.863. The van der Waals surface area contributed by atoms with Crippen LogP contribution in [0.4, 0.5) is 5.13 Å². The Morgan fingerprint density at radius 1 is 1.36 bits per heavy atom. The number of piperidine rings is 1. The molecule has 0 aliphatic carbocycles.